The number of amides is 1. The first kappa shape index (κ1) is 31.7. The minimum Gasteiger partial charge on any atom is -0.464 e. The number of esters is 1. The molecule has 45 heavy (non-hydrogen) atoms. The van der Waals surface area contributed by atoms with Crippen LogP contribution in [0.5, 0.6) is 0 Å². The monoisotopic (exact) mass is 611 g/mol. The Morgan fingerprint density at radius 3 is 2.51 bits per heavy atom. The number of likely N-dealkylation sites (tertiary alicyclic amines) is 1. The van der Waals surface area contributed by atoms with E-state index in [0.717, 1.165) is 53.8 Å². The molecule has 1 amide bonds. The largest absolute Gasteiger partial charge is 0.464 e. The molecule has 1 fully saturated rings. The normalized spacial score (nSPS) is 14.8. The van der Waals surface area contributed by atoms with Crippen molar-refractivity contribution in [1.82, 2.24) is 35.1 Å². The topological polar surface area (TPSA) is 136 Å². The maximum absolute atomic E-state index is 14.0. The van der Waals surface area contributed by atoms with Gasteiger partial charge in [0, 0.05) is 36.2 Å². The zero-order valence-electron chi connectivity index (χ0n) is 26.3. The molecule has 0 spiro atoms. The summed E-state index contributed by atoms with van der Waals surface area (Å²) < 4.78 is 6.99. The molecule has 0 bridgehead atoms. The molecule has 236 valence electrons. The number of carbonyl (C=O) groups excluding carboxylic acids is 2. The van der Waals surface area contributed by atoms with E-state index in [1.54, 1.807) is 16.4 Å². The summed E-state index contributed by atoms with van der Waals surface area (Å²) in [7, 11) is 0. The Balaban J connectivity index is 1.37. The zero-order valence-corrected chi connectivity index (χ0v) is 26.3. The molecule has 1 atom stereocenters. The number of aryl methyl sites for hydroxylation is 2. The lowest BCUT2D eigenvalue weighted by Crippen LogP contribution is -2.48. The summed E-state index contributed by atoms with van der Waals surface area (Å²) in [5.74, 6) is 0.787. The van der Waals surface area contributed by atoms with E-state index in [1.165, 1.54) is 0 Å². The molecule has 1 saturated heterocycles. The smallest absolute Gasteiger partial charge is 0.328 e. The van der Waals surface area contributed by atoms with Crippen LogP contribution in [0.25, 0.3) is 22.5 Å². The maximum atomic E-state index is 14.0. The van der Waals surface area contributed by atoms with Crippen LogP contribution in [0.15, 0.2) is 53.3 Å². The molecule has 0 radical (unpaired) electrons. The van der Waals surface area contributed by atoms with E-state index in [4.69, 9.17) is 9.72 Å². The molecule has 0 aliphatic carbocycles. The van der Waals surface area contributed by atoms with Crippen LogP contribution in [0.2, 0.25) is 0 Å². The predicted molar refractivity (Wildman–Crippen MR) is 170 cm³/mol. The number of aromatic nitrogens is 6. The number of piperidine rings is 1. The van der Waals surface area contributed by atoms with Crippen molar-refractivity contribution in [1.29, 1.82) is 0 Å². The highest BCUT2D eigenvalue weighted by molar-refractivity contribution is 5.85. The van der Waals surface area contributed by atoms with Crippen molar-refractivity contribution in [2.45, 2.75) is 84.7 Å². The number of hydrogen-bond donors (Lipinski definition) is 1. The highest BCUT2D eigenvalue weighted by atomic mass is 16.5. The summed E-state index contributed by atoms with van der Waals surface area (Å²) in [6.45, 7) is 6.90. The number of tetrazole rings is 1. The Morgan fingerprint density at radius 1 is 1.02 bits per heavy atom. The van der Waals surface area contributed by atoms with Crippen LogP contribution in [0.1, 0.15) is 75.0 Å². The second kappa shape index (κ2) is 14.9. The van der Waals surface area contributed by atoms with Crippen LogP contribution in [0, 0.1) is 6.92 Å². The van der Waals surface area contributed by atoms with Crippen LogP contribution in [0.3, 0.4) is 0 Å². The van der Waals surface area contributed by atoms with Crippen molar-refractivity contribution < 1.29 is 14.3 Å². The molecule has 3 heterocycles. The summed E-state index contributed by atoms with van der Waals surface area (Å²) in [5.41, 5.74) is 4.90. The van der Waals surface area contributed by atoms with Gasteiger partial charge in [-0.1, -0.05) is 61.9 Å². The van der Waals surface area contributed by atoms with Gasteiger partial charge in [0.25, 0.3) is 5.56 Å². The van der Waals surface area contributed by atoms with E-state index in [9.17, 15) is 14.4 Å². The van der Waals surface area contributed by atoms with Crippen LogP contribution in [-0.4, -0.2) is 66.1 Å². The minimum absolute atomic E-state index is 0.117. The summed E-state index contributed by atoms with van der Waals surface area (Å²) in [4.78, 5) is 46.3. The number of aromatic amines is 1. The van der Waals surface area contributed by atoms with E-state index < -0.39 is 6.04 Å². The number of benzene rings is 2. The molecule has 1 N–H and O–H groups in total. The summed E-state index contributed by atoms with van der Waals surface area (Å²) in [6, 6.07) is 15.4. The molecule has 5 rings (SSSR count). The summed E-state index contributed by atoms with van der Waals surface area (Å²) in [6.07, 6.45) is 5.33. The fourth-order valence-electron chi connectivity index (χ4n) is 6.00. The molecular formula is C34H41N7O4. The molecule has 1 aliphatic heterocycles. The molecule has 11 heteroatoms. The number of unbranched alkanes of at least 4 members (excludes halogenated alkanes) is 1. The first-order valence-electron chi connectivity index (χ1n) is 15.9. The molecule has 11 nitrogen and oxygen atoms in total. The standard InChI is InChI=1S/C34H41N7O4/c1-4-6-14-30-35-23(3)26(19-20-31(42)40-21-10-9-13-29(40)34(44)45-5-2)33(43)41(30)22-24-15-17-25(18-16-24)27-11-7-8-12-28(27)32-36-38-39-37-32/h7-8,11-12,15-18,29H,4-6,9-10,13-14,19-22H2,1-3H3,(H,36,37,38,39). The van der Waals surface area contributed by atoms with Gasteiger partial charge in [0.1, 0.15) is 11.9 Å². The third-order valence-electron chi connectivity index (χ3n) is 8.39. The molecular weight excluding hydrogens is 570 g/mol. The SMILES string of the molecule is CCCCc1nc(C)c(CCC(=O)N2CCCCC2C(=O)OCC)c(=O)n1Cc1ccc(-c2ccccc2-c2nn[nH]n2)cc1. The number of nitrogens with one attached hydrogen (secondary N) is 1. The van der Waals surface area contributed by atoms with Gasteiger partial charge in [-0.2, -0.15) is 5.21 Å². The molecule has 1 aliphatic rings. The Morgan fingerprint density at radius 2 is 1.80 bits per heavy atom. The number of rotatable bonds is 12. The van der Waals surface area contributed by atoms with E-state index in [1.807, 2.05) is 55.5 Å². The Labute approximate surface area is 263 Å². The highest BCUT2D eigenvalue weighted by Crippen LogP contribution is 2.30. The minimum atomic E-state index is -0.555. The number of H-pyrrole nitrogens is 1. The lowest BCUT2D eigenvalue weighted by Gasteiger charge is -2.34. The average Bonchev–Trinajstić information content (AvgIpc) is 3.61. The number of carbonyl (C=O) groups is 2. The van der Waals surface area contributed by atoms with E-state index in [-0.39, 0.29) is 36.9 Å². The Bertz CT molecular complexity index is 1670. The zero-order chi connectivity index (χ0) is 31.8. The fraction of sp³-hybridized carbons (Fsp3) is 0.441. The van der Waals surface area contributed by atoms with Crippen molar-refractivity contribution in [2.75, 3.05) is 13.2 Å². The second-order valence-electron chi connectivity index (χ2n) is 11.4. The van der Waals surface area contributed by atoms with E-state index in [2.05, 4.69) is 27.5 Å². The van der Waals surface area contributed by atoms with Gasteiger partial charge in [0.2, 0.25) is 11.7 Å². The first-order chi connectivity index (χ1) is 21.9. The van der Waals surface area contributed by atoms with Gasteiger partial charge in [-0.25, -0.2) is 9.78 Å². The lowest BCUT2D eigenvalue weighted by molar-refractivity contribution is -0.156. The quantitative estimate of drug-likeness (QED) is 0.228. The van der Waals surface area contributed by atoms with Crippen LogP contribution >= 0.6 is 0 Å². The van der Waals surface area contributed by atoms with Crippen molar-refractivity contribution in [2.24, 2.45) is 0 Å². The third-order valence-corrected chi connectivity index (χ3v) is 8.39. The molecule has 4 aromatic rings. The van der Waals surface area contributed by atoms with Gasteiger partial charge < -0.3 is 9.64 Å². The van der Waals surface area contributed by atoms with Gasteiger partial charge in [-0.05, 0) is 67.9 Å². The second-order valence-corrected chi connectivity index (χ2v) is 11.4. The van der Waals surface area contributed by atoms with Crippen LogP contribution in [0.4, 0.5) is 0 Å². The van der Waals surface area contributed by atoms with Gasteiger partial charge in [-0.15, -0.1) is 10.2 Å². The molecule has 1 unspecified atom stereocenters. The lowest BCUT2D eigenvalue weighted by atomic mass is 9.98. The maximum Gasteiger partial charge on any atom is 0.328 e. The van der Waals surface area contributed by atoms with E-state index >= 15 is 0 Å². The third kappa shape index (κ3) is 7.35. The fourth-order valence-corrected chi connectivity index (χ4v) is 6.00. The van der Waals surface area contributed by atoms with Gasteiger partial charge in [-0.3, -0.25) is 14.2 Å². The molecule has 2 aromatic carbocycles. The van der Waals surface area contributed by atoms with Crippen molar-refractivity contribution in [3.63, 3.8) is 0 Å². The van der Waals surface area contributed by atoms with Crippen molar-refractivity contribution in [3.8, 4) is 22.5 Å². The van der Waals surface area contributed by atoms with Crippen LogP contribution in [-0.2, 0) is 33.7 Å². The average molecular weight is 612 g/mol. The number of hydrogen-bond acceptors (Lipinski definition) is 8. The van der Waals surface area contributed by atoms with Gasteiger partial charge in [0.05, 0.1) is 13.2 Å². The Kier molecular flexibility index (Phi) is 10.5. The van der Waals surface area contributed by atoms with Gasteiger partial charge >= 0.3 is 5.97 Å². The number of nitrogens with zero attached hydrogens (tertiary/aromatic N) is 6. The highest BCUT2D eigenvalue weighted by Gasteiger charge is 2.33. The Hall–Kier alpha value is -4.67. The van der Waals surface area contributed by atoms with Crippen LogP contribution < -0.4 is 5.56 Å². The number of ether oxygens (including phenoxy) is 1. The molecule has 2 aromatic heterocycles. The summed E-state index contributed by atoms with van der Waals surface area (Å²) in [5, 5.41) is 14.5. The summed E-state index contributed by atoms with van der Waals surface area (Å²) >= 11 is 0. The molecule has 0 saturated carbocycles. The van der Waals surface area contributed by atoms with Crippen molar-refractivity contribution in [3.05, 3.63) is 81.5 Å². The predicted octanol–water partition coefficient (Wildman–Crippen LogP) is 4.67. The van der Waals surface area contributed by atoms with E-state index in [0.29, 0.717) is 43.0 Å². The van der Waals surface area contributed by atoms with Crippen molar-refractivity contribution >= 4 is 11.9 Å². The first-order valence-corrected chi connectivity index (χ1v) is 15.9. The van der Waals surface area contributed by atoms with Gasteiger partial charge in [0.15, 0.2) is 0 Å².